The largest absolute Gasteiger partial charge is 0.469 e. The number of esters is 1. The molecule has 3 atom stereocenters. The van der Waals surface area contributed by atoms with E-state index in [0.717, 1.165) is 12.0 Å². The van der Waals surface area contributed by atoms with Crippen molar-refractivity contribution in [2.75, 3.05) is 20.2 Å². The minimum absolute atomic E-state index is 0.0339. The summed E-state index contributed by atoms with van der Waals surface area (Å²) in [5.74, 6) is -0.651. The van der Waals surface area contributed by atoms with E-state index in [1.807, 2.05) is 30.3 Å². The molecule has 7 heteroatoms. The maximum Gasteiger partial charge on any atom is 0.373 e. The molecule has 1 aliphatic carbocycles. The van der Waals surface area contributed by atoms with Crippen LogP contribution in [0.4, 0.5) is 0 Å². The van der Waals surface area contributed by atoms with Crippen molar-refractivity contribution in [1.29, 1.82) is 5.26 Å². The van der Waals surface area contributed by atoms with Gasteiger partial charge in [0.05, 0.1) is 24.5 Å². The van der Waals surface area contributed by atoms with Crippen molar-refractivity contribution in [3.8, 4) is 6.07 Å². The second-order valence-electron chi connectivity index (χ2n) is 6.62. The number of benzene rings is 1. The summed E-state index contributed by atoms with van der Waals surface area (Å²) in [4.78, 5) is 12.3. The molecule has 0 aromatic heterocycles. The van der Waals surface area contributed by atoms with Gasteiger partial charge in [0.15, 0.2) is 0 Å². The Labute approximate surface area is 149 Å². The van der Waals surface area contributed by atoms with E-state index in [-0.39, 0.29) is 17.9 Å². The third-order valence-electron chi connectivity index (χ3n) is 4.95. The van der Waals surface area contributed by atoms with Gasteiger partial charge < -0.3 is 20.3 Å². The summed E-state index contributed by atoms with van der Waals surface area (Å²) in [7, 11) is 0.827. The summed E-state index contributed by atoms with van der Waals surface area (Å²) in [5.41, 5.74) is 0.302. The Bertz CT molecular complexity index is 605. The first-order chi connectivity index (χ1) is 12.0. The molecule has 2 rings (SSSR count). The quantitative estimate of drug-likeness (QED) is 0.390. The van der Waals surface area contributed by atoms with Crippen molar-refractivity contribution in [3.05, 3.63) is 35.9 Å². The average molecular weight is 343 g/mol. The Kier molecular flexibility index (Phi) is 7.00. The van der Waals surface area contributed by atoms with Crippen LogP contribution in [0, 0.1) is 17.2 Å². The van der Waals surface area contributed by atoms with E-state index in [2.05, 4.69) is 16.6 Å². The van der Waals surface area contributed by atoms with Crippen LogP contribution in [0.1, 0.15) is 24.8 Å². The van der Waals surface area contributed by atoms with Crippen LogP contribution in [-0.2, 0) is 14.9 Å². The van der Waals surface area contributed by atoms with Gasteiger partial charge in [-0.25, -0.2) is 0 Å². The first kappa shape index (κ1) is 19.4. The van der Waals surface area contributed by atoms with Gasteiger partial charge in [-0.1, -0.05) is 30.3 Å². The number of ether oxygens (including phenoxy) is 1. The highest BCUT2D eigenvalue weighted by Crippen LogP contribution is 2.42. The highest BCUT2D eigenvalue weighted by Gasteiger charge is 2.45. The molecule has 0 saturated heterocycles. The van der Waals surface area contributed by atoms with E-state index >= 15 is 0 Å². The maximum atomic E-state index is 12.3. The SMILES string of the molecule is COC(=O)C1CC(C#N)(c2ccccc2)CCC1NCCNB(C)O. The predicted molar refractivity (Wildman–Crippen MR) is 96.7 cm³/mol. The molecule has 0 spiro atoms. The molecule has 25 heavy (non-hydrogen) atoms. The molecule has 0 heterocycles. The summed E-state index contributed by atoms with van der Waals surface area (Å²) in [6, 6.07) is 12.1. The molecule has 6 nitrogen and oxygen atoms in total. The number of carbonyl (C=O) groups excluding carboxylic acids is 1. The van der Waals surface area contributed by atoms with Gasteiger partial charge in [-0.15, -0.1) is 0 Å². The molecular weight excluding hydrogens is 317 g/mol. The number of hydrogen-bond donors (Lipinski definition) is 3. The van der Waals surface area contributed by atoms with E-state index in [0.29, 0.717) is 25.9 Å². The van der Waals surface area contributed by atoms with Crippen LogP contribution in [-0.4, -0.2) is 44.3 Å². The zero-order valence-corrected chi connectivity index (χ0v) is 14.9. The number of nitriles is 1. The molecule has 3 N–H and O–H groups in total. The van der Waals surface area contributed by atoms with Crippen molar-refractivity contribution in [1.82, 2.24) is 10.5 Å². The van der Waals surface area contributed by atoms with Gasteiger partial charge in [0.25, 0.3) is 0 Å². The van der Waals surface area contributed by atoms with Gasteiger partial charge in [-0.3, -0.25) is 4.79 Å². The van der Waals surface area contributed by atoms with Crippen molar-refractivity contribution < 1.29 is 14.6 Å². The van der Waals surface area contributed by atoms with Gasteiger partial charge >= 0.3 is 13.0 Å². The van der Waals surface area contributed by atoms with Crippen LogP contribution in [0.5, 0.6) is 0 Å². The predicted octanol–water partition coefficient (Wildman–Crippen LogP) is 1.08. The molecule has 0 aliphatic heterocycles. The minimum Gasteiger partial charge on any atom is -0.469 e. The zero-order valence-electron chi connectivity index (χ0n) is 14.9. The van der Waals surface area contributed by atoms with Crippen molar-refractivity contribution in [3.63, 3.8) is 0 Å². The lowest BCUT2D eigenvalue weighted by Gasteiger charge is -2.40. The van der Waals surface area contributed by atoms with Crippen LogP contribution < -0.4 is 10.5 Å². The number of hydrogen-bond acceptors (Lipinski definition) is 6. The van der Waals surface area contributed by atoms with E-state index in [9.17, 15) is 15.1 Å². The minimum atomic E-state index is -0.657. The maximum absolute atomic E-state index is 12.3. The summed E-state index contributed by atoms with van der Waals surface area (Å²) in [6.07, 6.45) is 1.86. The number of nitrogens with zero attached hydrogens (tertiary/aromatic N) is 1. The van der Waals surface area contributed by atoms with Gasteiger partial charge in [-0.05, 0) is 38.2 Å². The number of methoxy groups -OCH3 is 1. The molecule has 1 fully saturated rings. The fourth-order valence-electron chi connectivity index (χ4n) is 3.59. The lowest BCUT2D eigenvalue weighted by Crippen LogP contribution is -2.50. The van der Waals surface area contributed by atoms with Crippen LogP contribution >= 0.6 is 0 Å². The summed E-state index contributed by atoms with van der Waals surface area (Å²) < 4.78 is 4.99. The topological polar surface area (TPSA) is 94.4 Å². The average Bonchev–Trinajstić information content (AvgIpc) is 2.65. The fraction of sp³-hybridized carbons (Fsp3) is 0.556. The Hall–Kier alpha value is -1.88. The monoisotopic (exact) mass is 343 g/mol. The second-order valence-corrected chi connectivity index (χ2v) is 6.62. The third-order valence-corrected chi connectivity index (χ3v) is 4.95. The molecule has 0 bridgehead atoms. The van der Waals surface area contributed by atoms with E-state index in [1.54, 1.807) is 6.82 Å². The van der Waals surface area contributed by atoms with Crippen molar-refractivity contribution in [2.45, 2.75) is 37.5 Å². The van der Waals surface area contributed by atoms with Gasteiger partial charge in [-0.2, -0.15) is 5.26 Å². The Morgan fingerprint density at radius 2 is 2.16 bits per heavy atom. The smallest absolute Gasteiger partial charge is 0.373 e. The van der Waals surface area contributed by atoms with Crippen molar-refractivity contribution in [2.24, 2.45) is 5.92 Å². The van der Waals surface area contributed by atoms with Crippen LogP contribution in [0.15, 0.2) is 30.3 Å². The third kappa shape index (κ3) is 4.82. The van der Waals surface area contributed by atoms with Gasteiger partial charge in [0.1, 0.15) is 0 Å². The first-order valence-electron chi connectivity index (χ1n) is 8.72. The molecule has 1 aliphatic rings. The summed E-state index contributed by atoms with van der Waals surface area (Å²) in [6.45, 7) is 2.90. The standard InChI is InChI=1S/C18H26BN3O3/c1-19(24)22-11-10-21-16-8-9-18(13-20,12-15(16)17(23)25-2)14-6-4-3-5-7-14/h3-7,15-16,21-22,24H,8-12H2,1-2H3. The molecule has 0 amide bonds. The van der Waals surface area contributed by atoms with Gasteiger partial charge in [0, 0.05) is 12.6 Å². The first-order valence-corrected chi connectivity index (χ1v) is 8.72. The Morgan fingerprint density at radius 3 is 2.76 bits per heavy atom. The number of nitrogens with one attached hydrogen (secondary N) is 2. The zero-order chi connectivity index (χ0) is 18.3. The van der Waals surface area contributed by atoms with E-state index in [1.165, 1.54) is 7.11 Å². The highest BCUT2D eigenvalue weighted by atomic mass is 16.5. The van der Waals surface area contributed by atoms with Crippen LogP contribution in [0.2, 0.25) is 6.82 Å². The lowest BCUT2D eigenvalue weighted by molar-refractivity contribution is -0.148. The number of carbonyl (C=O) groups is 1. The fourth-order valence-corrected chi connectivity index (χ4v) is 3.59. The van der Waals surface area contributed by atoms with E-state index < -0.39 is 12.5 Å². The summed E-state index contributed by atoms with van der Waals surface area (Å²) in [5, 5.41) is 25.4. The molecule has 3 unspecified atom stereocenters. The van der Waals surface area contributed by atoms with Crippen molar-refractivity contribution >= 4 is 13.0 Å². The van der Waals surface area contributed by atoms with Crippen LogP contribution in [0.25, 0.3) is 0 Å². The molecule has 1 saturated carbocycles. The second kappa shape index (κ2) is 9.00. The Morgan fingerprint density at radius 1 is 1.44 bits per heavy atom. The lowest BCUT2D eigenvalue weighted by atomic mass is 9.65. The van der Waals surface area contributed by atoms with Crippen LogP contribution in [0.3, 0.4) is 0 Å². The normalized spacial score (nSPS) is 25.8. The molecule has 134 valence electrons. The molecule has 1 aromatic carbocycles. The molecule has 0 radical (unpaired) electrons. The Balaban J connectivity index is 2.11. The molecule has 1 aromatic rings. The highest BCUT2D eigenvalue weighted by molar-refractivity contribution is 6.45. The number of rotatable bonds is 7. The van der Waals surface area contributed by atoms with Gasteiger partial charge in [0.2, 0.25) is 0 Å². The van der Waals surface area contributed by atoms with E-state index in [4.69, 9.17) is 4.74 Å². The summed E-state index contributed by atoms with van der Waals surface area (Å²) >= 11 is 0. The molecular formula is C18H26BN3O3.